The van der Waals surface area contributed by atoms with Crippen LogP contribution in [0.15, 0.2) is 24.3 Å². The summed E-state index contributed by atoms with van der Waals surface area (Å²) >= 11 is 0. The van der Waals surface area contributed by atoms with Crippen molar-refractivity contribution in [3.05, 3.63) is 30.1 Å². The van der Waals surface area contributed by atoms with Gasteiger partial charge in [-0.3, -0.25) is 14.5 Å². The molecule has 2 atom stereocenters. The number of hydrogen-bond donors (Lipinski definition) is 2. The molecule has 1 aliphatic heterocycles. The van der Waals surface area contributed by atoms with E-state index < -0.39 is 22.8 Å². The summed E-state index contributed by atoms with van der Waals surface area (Å²) in [6.07, 6.45) is 2.33. The highest BCUT2D eigenvalue weighted by atomic mass is 16.4. The molecule has 4 rings (SSSR count). The van der Waals surface area contributed by atoms with E-state index in [-0.39, 0.29) is 19.5 Å². The Morgan fingerprint density at radius 2 is 1.81 bits per heavy atom. The molecular formula is C19H23N3O4. The number of rotatable bonds is 7. The Balaban J connectivity index is 1.62. The van der Waals surface area contributed by atoms with Gasteiger partial charge in [0.05, 0.1) is 28.4 Å². The van der Waals surface area contributed by atoms with E-state index in [2.05, 4.69) is 11.5 Å². The Labute approximate surface area is 151 Å². The molecule has 0 bridgehead atoms. The molecule has 1 aromatic carbocycles. The molecule has 7 nitrogen and oxygen atoms in total. The van der Waals surface area contributed by atoms with Crippen molar-refractivity contribution in [1.82, 2.24) is 14.5 Å². The topological polar surface area (TPSA) is 95.7 Å². The Hall–Kier alpha value is -2.41. The van der Waals surface area contributed by atoms with E-state index in [0.29, 0.717) is 6.54 Å². The SMILES string of the molecule is CCCCn1c(CN2C[C@@]3(C(=O)O)C[C@@]3(C(=O)O)C2)nc2ccccc21. The summed E-state index contributed by atoms with van der Waals surface area (Å²) in [5.41, 5.74) is -0.289. The Bertz CT molecular complexity index is 864. The number of hydrogen-bond acceptors (Lipinski definition) is 4. The number of aryl methyl sites for hydroxylation is 1. The van der Waals surface area contributed by atoms with E-state index in [0.717, 1.165) is 36.2 Å². The molecule has 2 heterocycles. The number of aromatic nitrogens is 2. The minimum Gasteiger partial charge on any atom is -0.481 e. The second kappa shape index (κ2) is 5.81. The van der Waals surface area contributed by atoms with Gasteiger partial charge in [0.15, 0.2) is 0 Å². The fourth-order valence-electron chi connectivity index (χ4n) is 4.52. The number of benzene rings is 1. The molecule has 2 N–H and O–H groups in total. The van der Waals surface area contributed by atoms with Crippen LogP contribution in [0.5, 0.6) is 0 Å². The van der Waals surface area contributed by atoms with Crippen molar-refractivity contribution in [2.24, 2.45) is 10.8 Å². The maximum Gasteiger partial charge on any atom is 0.312 e. The lowest BCUT2D eigenvalue weighted by molar-refractivity contribution is -0.151. The minimum absolute atomic E-state index is 0.230. The number of carboxylic acids is 2. The molecule has 1 aliphatic carbocycles. The summed E-state index contributed by atoms with van der Waals surface area (Å²) in [6.45, 7) is 4.01. The van der Waals surface area contributed by atoms with Gasteiger partial charge in [0, 0.05) is 19.6 Å². The molecule has 2 aliphatic rings. The number of fused-ring (bicyclic) bond motifs is 2. The van der Waals surface area contributed by atoms with E-state index in [9.17, 15) is 19.8 Å². The van der Waals surface area contributed by atoms with Crippen LogP contribution in [0.3, 0.4) is 0 Å². The smallest absolute Gasteiger partial charge is 0.312 e. The third-order valence-corrected chi connectivity index (χ3v) is 6.03. The molecular weight excluding hydrogens is 334 g/mol. The molecule has 7 heteroatoms. The number of carboxylic acid groups (broad SMARTS) is 2. The summed E-state index contributed by atoms with van der Waals surface area (Å²) in [7, 11) is 0. The Morgan fingerprint density at radius 1 is 1.15 bits per heavy atom. The summed E-state index contributed by atoms with van der Waals surface area (Å²) in [5, 5.41) is 19.2. The largest absolute Gasteiger partial charge is 0.481 e. The number of likely N-dealkylation sites (tertiary alicyclic amines) is 1. The standard InChI is InChI=1S/C19H23N3O4/c1-2-3-8-22-14-7-5-4-6-13(14)20-15(22)9-21-11-18(16(23)24)10-19(18,12-21)17(25)26/h4-7H,2-3,8-12H2,1H3,(H,23,24)(H,25,26)/t18-,19+. The average molecular weight is 357 g/mol. The highest BCUT2D eigenvalue weighted by molar-refractivity contribution is 5.94. The highest BCUT2D eigenvalue weighted by Gasteiger charge is 2.80. The zero-order valence-electron chi connectivity index (χ0n) is 14.8. The van der Waals surface area contributed by atoms with Crippen molar-refractivity contribution in [2.75, 3.05) is 13.1 Å². The zero-order chi connectivity index (χ0) is 18.5. The third-order valence-electron chi connectivity index (χ3n) is 6.03. The molecule has 1 saturated heterocycles. The molecule has 138 valence electrons. The summed E-state index contributed by atoms with van der Waals surface area (Å²) in [6, 6.07) is 7.95. The molecule has 26 heavy (non-hydrogen) atoms. The van der Waals surface area contributed by atoms with Gasteiger partial charge in [-0.1, -0.05) is 25.5 Å². The maximum absolute atomic E-state index is 11.7. The quantitative estimate of drug-likeness (QED) is 0.789. The molecule has 1 saturated carbocycles. The van der Waals surface area contributed by atoms with Crippen molar-refractivity contribution in [2.45, 2.75) is 39.3 Å². The van der Waals surface area contributed by atoms with Crippen molar-refractivity contribution < 1.29 is 19.8 Å². The van der Waals surface area contributed by atoms with Crippen LogP contribution in [0.1, 0.15) is 32.0 Å². The van der Waals surface area contributed by atoms with Gasteiger partial charge in [0.1, 0.15) is 5.82 Å². The van der Waals surface area contributed by atoms with Gasteiger partial charge in [-0.2, -0.15) is 0 Å². The van der Waals surface area contributed by atoms with Gasteiger partial charge in [-0.15, -0.1) is 0 Å². The Kier molecular flexibility index (Phi) is 3.80. The van der Waals surface area contributed by atoms with Gasteiger partial charge < -0.3 is 14.8 Å². The van der Waals surface area contributed by atoms with Crippen LogP contribution in [-0.4, -0.2) is 49.7 Å². The second-order valence-corrected chi connectivity index (χ2v) is 7.62. The first kappa shape index (κ1) is 17.0. The van der Waals surface area contributed by atoms with Gasteiger partial charge in [-0.05, 0) is 25.0 Å². The minimum atomic E-state index is -1.14. The van der Waals surface area contributed by atoms with E-state index in [4.69, 9.17) is 4.98 Å². The van der Waals surface area contributed by atoms with E-state index in [1.54, 1.807) is 0 Å². The highest BCUT2D eigenvalue weighted by Crippen LogP contribution is 2.68. The van der Waals surface area contributed by atoms with Crippen LogP contribution < -0.4 is 0 Å². The lowest BCUT2D eigenvalue weighted by atomic mass is 9.97. The van der Waals surface area contributed by atoms with Gasteiger partial charge >= 0.3 is 11.9 Å². The van der Waals surface area contributed by atoms with E-state index >= 15 is 0 Å². The molecule has 1 aromatic heterocycles. The number of imidazole rings is 1. The lowest BCUT2D eigenvalue weighted by Gasteiger charge is -2.20. The van der Waals surface area contributed by atoms with E-state index in [1.807, 2.05) is 29.2 Å². The summed E-state index contributed by atoms with van der Waals surface area (Å²) in [5.74, 6) is -1.12. The van der Waals surface area contributed by atoms with Crippen molar-refractivity contribution in [1.29, 1.82) is 0 Å². The van der Waals surface area contributed by atoms with Gasteiger partial charge in [0.25, 0.3) is 0 Å². The predicted molar refractivity (Wildman–Crippen MR) is 94.7 cm³/mol. The number of piperidine rings is 1. The molecule has 0 unspecified atom stereocenters. The zero-order valence-corrected chi connectivity index (χ0v) is 14.8. The van der Waals surface area contributed by atoms with Crippen LogP contribution in [0.4, 0.5) is 0 Å². The fraction of sp³-hybridized carbons (Fsp3) is 0.526. The lowest BCUT2D eigenvalue weighted by Crippen LogP contribution is -2.29. The number of nitrogens with zero attached hydrogens (tertiary/aromatic N) is 3. The number of aliphatic carboxylic acids is 2. The fourth-order valence-corrected chi connectivity index (χ4v) is 4.52. The van der Waals surface area contributed by atoms with Crippen LogP contribution in [0.2, 0.25) is 0 Å². The number of carbonyl (C=O) groups is 2. The van der Waals surface area contributed by atoms with Crippen molar-refractivity contribution in [3.8, 4) is 0 Å². The first-order chi connectivity index (χ1) is 12.4. The van der Waals surface area contributed by atoms with Crippen molar-refractivity contribution in [3.63, 3.8) is 0 Å². The molecule has 0 radical (unpaired) electrons. The summed E-state index contributed by atoms with van der Waals surface area (Å²) < 4.78 is 2.18. The number of unbranched alkanes of at least 4 members (excludes halogenated alkanes) is 1. The van der Waals surface area contributed by atoms with Crippen LogP contribution in [0.25, 0.3) is 11.0 Å². The second-order valence-electron chi connectivity index (χ2n) is 7.62. The van der Waals surface area contributed by atoms with E-state index in [1.165, 1.54) is 0 Å². The van der Waals surface area contributed by atoms with Crippen molar-refractivity contribution >= 4 is 23.0 Å². The first-order valence-corrected chi connectivity index (χ1v) is 9.07. The average Bonchev–Trinajstić information content (AvgIpc) is 2.97. The summed E-state index contributed by atoms with van der Waals surface area (Å²) in [4.78, 5) is 30.1. The van der Waals surface area contributed by atoms with Gasteiger partial charge in [-0.25, -0.2) is 4.98 Å². The molecule has 2 fully saturated rings. The Morgan fingerprint density at radius 3 is 2.42 bits per heavy atom. The van der Waals surface area contributed by atoms with Gasteiger partial charge in [0.2, 0.25) is 0 Å². The molecule has 0 amide bonds. The predicted octanol–water partition coefficient (Wildman–Crippen LogP) is 2.20. The normalized spacial score (nSPS) is 27.6. The monoisotopic (exact) mass is 357 g/mol. The van der Waals surface area contributed by atoms with Crippen LogP contribution in [-0.2, 0) is 22.7 Å². The molecule has 2 aromatic rings. The van der Waals surface area contributed by atoms with Crippen LogP contribution in [0, 0.1) is 10.8 Å². The molecule has 0 spiro atoms. The van der Waals surface area contributed by atoms with Crippen LogP contribution >= 0.6 is 0 Å². The maximum atomic E-state index is 11.7. The third kappa shape index (κ3) is 2.26. The first-order valence-electron chi connectivity index (χ1n) is 9.07. The number of para-hydroxylation sites is 2.